The van der Waals surface area contributed by atoms with Gasteiger partial charge in [0.2, 0.25) is 0 Å². The van der Waals surface area contributed by atoms with Crippen LogP contribution < -0.4 is 0 Å². The summed E-state index contributed by atoms with van der Waals surface area (Å²) in [5, 5.41) is 0. The molecule has 21 heavy (non-hydrogen) atoms. The number of esters is 1. The Morgan fingerprint density at radius 2 is 2.33 bits per heavy atom. The van der Waals surface area contributed by atoms with Crippen molar-refractivity contribution in [1.82, 2.24) is 14.3 Å². The summed E-state index contributed by atoms with van der Waals surface area (Å²) in [6.45, 7) is 4.37. The fourth-order valence-corrected chi connectivity index (χ4v) is 3.17. The monoisotopic (exact) mass is 287 g/mol. The lowest BCUT2D eigenvalue weighted by atomic mass is 10.0. The summed E-state index contributed by atoms with van der Waals surface area (Å²) in [5.41, 5.74) is 1.50. The van der Waals surface area contributed by atoms with Gasteiger partial charge < -0.3 is 9.14 Å². The molecule has 3 heterocycles. The highest BCUT2D eigenvalue weighted by molar-refractivity contribution is 5.90. The van der Waals surface area contributed by atoms with Crippen molar-refractivity contribution in [1.29, 1.82) is 0 Å². The molecule has 0 saturated carbocycles. The van der Waals surface area contributed by atoms with E-state index in [2.05, 4.69) is 21.2 Å². The van der Waals surface area contributed by atoms with Crippen LogP contribution in [-0.4, -0.2) is 40.5 Å². The summed E-state index contributed by atoms with van der Waals surface area (Å²) in [6.07, 6.45) is 7.42. The first kappa shape index (κ1) is 14.1. The Kier molecular flexibility index (Phi) is 3.92. The number of aromatic nitrogens is 2. The van der Waals surface area contributed by atoms with Crippen LogP contribution in [0.4, 0.5) is 0 Å². The van der Waals surface area contributed by atoms with E-state index in [1.165, 1.54) is 20.0 Å². The first-order valence-corrected chi connectivity index (χ1v) is 7.54. The van der Waals surface area contributed by atoms with Gasteiger partial charge in [-0.15, -0.1) is 0 Å². The van der Waals surface area contributed by atoms with Gasteiger partial charge in [0.05, 0.1) is 30.4 Å². The molecule has 1 saturated heterocycles. The van der Waals surface area contributed by atoms with E-state index in [1.54, 1.807) is 6.07 Å². The fraction of sp³-hybridized carbons (Fsp3) is 0.500. The minimum atomic E-state index is -0.312. The Bertz CT molecular complexity index is 650. The standard InChI is InChI=1S/C16H21N3O2/c1-3-18-8-5-4-6-14(18)15-17-11-13-10-12(16(20)21-2)7-9-19(13)15/h7,9-11,14H,3-6,8H2,1-2H3. The number of imidazole rings is 1. The number of piperidine rings is 1. The lowest BCUT2D eigenvalue weighted by Crippen LogP contribution is -2.34. The summed E-state index contributed by atoms with van der Waals surface area (Å²) in [5.74, 6) is 0.760. The summed E-state index contributed by atoms with van der Waals surface area (Å²) in [6, 6.07) is 4.00. The van der Waals surface area contributed by atoms with E-state index in [0.717, 1.165) is 30.9 Å². The molecule has 1 unspecified atom stereocenters. The minimum absolute atomic E-state index is 0.312. The average Bonchev–Trinajstić information content (AvgIpc) is 2.96. The lowest BCUT2D eigenvalue weighted by Gasteiger charge is -2.33. The Morgan fingerprint density at radius 1 is 1.48 bits per heavy atom. The van der Waals surface area contributed by atoms with Crippen LogP contribution in [0.1, 0.15) is 48.4 Å². The quantitative estimate of drug-likeness (QED) is 0.814. The third kappa shape index (κ3) is 2.53. The van der Waals surface area contributed by atoms with E-state index in [9.17, 15) is 4.79 Å². The van der Waals surface area contributed by atoms with Gasteiger partial charge in [-0.1, -0.05) is 13.3 Å². The number of likely N-dealkylation sites (tertiary alicyclic amines) is 1. The zero-order chi connectivity index (χ0) is 14.8. The van der Waals surface area contributed by atoms with Crippen molar-refractivity contribution in [3.63, 3.8) is 0 Å². The van der Waals surface area contributed by atoms with Crippen LogP contribution >= 0.6 is 0 Å². The van der Waals surface area contributed by atoms with E-state index < -0.39 is 0 Å². The number of carbonyl (C=O) groups is 1. The Balaban J connectivity index is 1.98. The van der Waals surface area contributed by atoms with Gasteiger partial charge in [0.25, 0.3) is 0 Å². The molecule has 0 spiro atoms. The SMILES string of the molecule is CCN1CCCCC1c1ncc2cc(C(=O)OC)ccn12. The van der Waals surface area contributed by atoms with E-state index in [-0.39, 0.29) is 5.97 Å². The Hall–Kier alpha value is -1.88. The smallest absolute Gasteiger partial charge is 0.337 e. The van der Waals surface area contributed by atoms with Gasteiger partial charge in [-0.25, -0.2) is 9.78 Å². The highest BCUT2D eigenvalue weighted by Crippen LogP contribution is 2.30. The number of hydrogen-bond donors (Lipinski definition) is 0. The molecule has 2 aromatic heterocycles. The molecule has 0 aromatic carbocycles. The summed E-state index contributed by atoms with van der Waals surface area (Å²) in [7, 11) is 1.40. The van der Waals surface area contributed by atoms with Crippen LogP contribution in [0.5, 0.6) is 0 Å². The number of ether oxygens (including phenoxy) is 1. The van der Waals surface area contributed by atoms with Crippen LogP contribution in [0.2, 0.25) is 0 Å². The van der Waals surface area contributed by atoms with Crippen molar-refractivity contribution in [2.24, 2.45) is 0 Å². The molecule has 2 aromatic rings. The number of hydrogen-bond acceptors (Lipinski definition) is 4. The second-order valence-corrected chi connectivity index (χ2v) is 5.46. The van der Waals surface area contributed by atoms with Gasteiger partial charge in [-0.3, -0.25) is 4.90 Å². The third-order valence-electron chi connectivity index (χ3n) is 4.30. The summed E-state index contributed by atoms with van der Waals surface area (Å²) in [4.78, 5) is 18.7. The molecule has 1 aliphatic heterocycles. The molecule has 0 radical (unpaired) electrons. The molecule has 3 rings (SSSR count). The molecule has 0 N–H and O–H groups in total. The second-order valence-electron chi connectivity index (χ2n) is 5.46. The van der Waals surface area contributed by atoms with Crippen molar-refractivity contribution in [2.75, 3.05) is 20.2 Å². The second kappa shape index (κ2) is 5.85. The predicted octanol–water partition coefficient (Wildman–Crippen LogP) is 2.67. The first-order valence-electron chi connectivity index (χ1n) is 7.54. The van der Waals surface area contributed by atoms with E-state index >= 15 is 0 Å². The summed E-state index contributed by atoms with van der Waals surface area (Å²) < 4.78 is 6.85. The van der Waals surface area contributed by atoms with Crippen LogP contribution in [0.15, 0.2) is 24.5 Å². The summed E-state index contributed by atoms with van der Waals surface area (Å²) >= 11 is 0. The Morgan fingerprint density at radius 3 is 3.10 bits per heavy atom. The number of fused-ring (bicyclic) bond motifs is 1. The first-order chi connectivity index (χ1) is 10.2. The van der Waals surface area contributed by atoms with Crippen LogP contribution in [-0.2, 0) is 4.74 Å². The van der Waals surface area contributed by atoms with Crippen LogP contribution in [0.25, 0.3) is 5.52 Å². The molecular weight excluding hydrogens is 266 g/mol. The number of pyridine rings is 1. The van der Waals surface area contributed by atoms with E-state index in [0.29, 0.717) is 11.6 Å². The fourth-order valence-electron chi connectivity index (χ4n) is 3.17. The van der Waals surface area contributed by atoms with Crippen molar-refractivity contribution in [2.45, 2.75) is 32.2 Å². The topological polar surface area (TPSA) is 46.8 Å². The molecule has 0 bridgehead atoms. The maximum Gasteiger partial charge on any atom is 0.337 e. The van der Waals surface area contributed by atoms with Gasteiger partial charge in [-0.2, -0.15) is 0 Å². The largest absolute Gasteiger partial charge is 0.465 e. The molecule has 1 aliphatic rings. The molecule has 0 aliphatic carbocycles. The molecule has 0 amide bonds. The molecular formula is C16H21N3O2. The van der Waals surface area contributed by atoms with Crippen molar-refractivity contribution in [3.05, 3.63) is 35.9 Å². The third-order valence-corrected chi connectivity index (χ3v) is 4.30. The predicted molar refractivity (Wildman–Crippen MR) is 80.4 cm³/mol. The molecule has 112 valence electrons. The number of methoxy groups -OCH3 is 1. The molecule has 5 heteroatoms. The maximum atomic E-state index is 11.6. The minimum Gasteiger partial charge on any atom is -0.465 e. The number of nitrogens with zero attached hydrogens (tertiary/aromatic N) is 3. The van der Waals surface area contributed by atoms with Gasteiger partial charge in [0.1, 0.15) is 5.82 Å². The zero-order valence-corrected chi connectivity index (χ0v) is 12.6. The highest BCUT2D eigenvalue weighted by atomic mass is 16.5. The van der Waals surface area contributed by atoms with Gasteiger partial charge in [0, 0.05) is 6.20 Å². The van der Waals surface area contributed by atoms with Crippen LogP contribution in [0, 0.1) is 0 Å². The van der Waals surface area contributed by atoms with Crippen molar-refractivity contribution in [3.8, 4) is 0 Å². The number of carbonyl (C=O) groups excluding carboxylic acids is 1. The van der Waals surface area contributed by atoms with Gasteiger partial charge in [-0.05, 0) is 38.1 Å². The Labute approximate surface area is 124 Å². The average molecular weight is 287 g/mol. The van der Waals surface area contributed by atoms with E-state index in [1.807, 2.05) is 18.5 Å². The highest BCUT2D eigenvalue weighted by Gasteiger charge is 2.26. The van der Waals surface area contributed by atoms with Gasteiger partial charge >= 0.3 is 5.97 Å². The molecule has 5 nitrogen and oxygen atoms in total. The molecule has 1 fully saturated rings. The van der Waals surface area contributed by atoms with E-state index in [4.69, 9.17) is 4.74 Å². The van der Waals surface area contributed by atoms with Crippen molar-refractivity contribution < 1.29 is 9.53 Å². The lowest BCUT2D eigenvalue weighted by molar-refractivity contribution is 0.0600. The van der Waals surface area contributed by atoms with Crippen LogP contribution in [0.3, 0.4) is 0 Å². The normalized spacial score (nSPS) is 19.8. The molecule has 1 atom stereocenters. The maximum absolute atomic E-state index is 11.6. The van der Waals surface area contributed by atoms with Crippen molar-refractivity contribution >= 4 is 11.5 Å². The zero-order valence-electron chi connectivity index (χ0n) is 12.6. The number of rotatable bonds is 3. The van der Waals surface area contributed by atoms with Gasteiger partial charge in [0.15, 0.2) is 0 Å².